The molecule has 1 amide bonds. The smallest absolute Gasteiger partial charge is 0.408 e. The quantitative estimate of drug-likeness (QED) is 0.802. The summed E-state index contributed by atoms with van der Waals surface area (Å²) in [7, 11) is -3.10. The summed E-state index contributed by atoms with van der Waals surface area (Å²) >= 11 is 0. The fraction of sp³-hybridized carbons (Fsp3) is 0.917. The van der Waals surface area contributed by atoms with E-state index in [0.717, 1.165) is 0 Å². The Bertz CT molecular complexity index is 441. The van der Waals surface area contributed by atoms with Crippen molar-refractivity contribution in [1.29, 1.82) is 0 Å². The lowest BCUT2D eigenvalue weighted by atomic mass is 9.98. The van der Waals surface area contributed by atoms with Crippen LogP contribution < -0.4 is 11.1 Å². The maximum Gasteiger partial charge on any atom is 0.408 e. The molecule has 0 unspecified atom stereocenters. The number of rotatable bonds is 3. The van der Waals surface area contributed by atoms with Crippen LogP contribution in [-0.4, -0.2) is 43.7 Å². The number of amides is 1. The Morgan fingerprint density at radius 1 is 1.47 bits per heavy atom. The van der Waals surface area contributed by atoms with Crippen molar-refractivity contribution < 1.29 is 17.9 Å². The summed E-state index contributed by atoms with van der Waals surface area (Å²) in [5.74, 6) is 0. The third-order valence-electron chi connectivity index (χ3n) is 3.33. The van der Waals surface area contributed by atoms with Crippen LogP contribution in [0, 0.1) is 0 Å². The zero-order chi connectivity index (χ0) is 14.9. The highest BCUT2D eigenvalue weighted by atomic mass is 32.2. The first-order valence-electron chi connectivity index (χ1n) is 6.38. The highest BCUT2D eigenvalue weighted by Crippen LogP contribution is 2.33. The van der Waals surface area contributed by atoms with Gasteiger partial charge in [-0.2, -0.15) is 0 Å². The molecule has 0 aliphatic heterocycles. The van der Waals surface area contributed by atoms with E-state index in [4.69, 9.17) is 10.5 Å². The first kappa shape index (κ1) is 16.2. The average molecular weight is 292 g/mol. The number of alkyl carbamates (subject to hydrolysis) is 1. The molecule has 0 saturated heterocycles. The third-order valence-corrected chi connectivity index (χ3v) is 4.94. The second-order valence-electron chi connectivity index (χ2n) is 6.31. The van der Waals surface area contributed by atoms with Gasteiger partial charge < -0.3 is 15.8 Å². The van der Waals surface area contributed by atoms with E-state index in [2.05, 4.69) is 5.32 Å². The molecule has 1 fully saturated rings. The van der Waals surface area contributed by atoms with Crippen LogP contribution in [0.5, 0.6) is 0 Å². The lowest BCUT2D eigenvalue weighted by Gasteiger charge is -2.30. The molecule has 6 nitrogen and oxygen atoms in total. The first-order valence-corrected chi connectivity index (χ1v) is 8.33. The minimum atomic E-state index is -3.10. The van der Waals surface area contributed by atoms with Gasteiger partial charge in [-0.05, 0) is 40.0 Å². The fourth-order valence-electron chi connectivity index (χ4n) is 2.31. The van der Waals surface area contributed by atoms with Crippen molar-refractivity contribution in [2.24, 2.45) is 5.73 Å². The Hall–Kier alpha value is -0.820. The molecule has 1 aliphatic carbocycles. The number of hydrogen-bond donors (Lipinski definition) is 2. The molecule has 1 rings (SSSR count). The zero-order valence-electron chi connectivity index (χ0n) is 12.0. The SMILES string of the molecule is CC(C)(C)OC(=O)N[C@@]1(CN)CC[C@H](S(C)(=O)=O)C1. The molecule has 0 bridgehead atoms. The minimum absolute atomic E-state index is 0.207. The summed E-state index contributed by atoms with van der Waals surface area (Å²) in [4.78, 5) is 11.8. The average Bonchev–Trinajstić information content (AvgIpc) is 2.59. The van der Waals surface area contributed by atoms with Gasteiger partial charge in [-0.25, -0.2) is 13.2 Å². The second-order valence-corrected chi connectivity index (χ2v) is 8.63. The van der Waals surface area contributed by atoms with Crippen molar-refractivity contribution in [2.75, 3.05) is 12.8 Å². The number of sulfone groups is 1. The topological polar surface area (TPSA) is 98.5 Å². The lowest BCUT2D eigenvalue weighted by molar-refractivity contribution is 0.0460. The van der Waals surface area contributed by atoms with E-state index in [1.807, 2.05) is 0 Å². The maximum atomic E-state index is 11.8. The van der Waals surface area contributed by atoms with Gasteiger partial charge in [0, 0.05) is 12.8 Å². The Morgan fingerprint density at radius 2 is 2.05 bits per heavy atom. The predicted octanol–water partition coefficient (Wildman–Crippen LogP) is 0.806. The van der Waals surface area contributed by atoms with Crippen LogP contribution in [-0.2, 0) is 14.6 Å². The van der Waals surface area contributed by atoms with E-state index >= 15 is 0 Å². The van der Waals surface area contributed by atoms with Gasteiger partial charge in [0.05, 0.1) is 10.8 Å². The van der Waals surface area contributed by atoms with Crippen LogP contribution in [0.2, 0.25) is 0 Å². The summed E-state index contributed by atoms with van der Waals surface area (Å²) < 4.78 is 28.3. The monoisotopic (exact) mass is 292 g/mol. The number of hydrogen-bond acceptors (Lipinski definition) is 5. The Labute approximate surface area is 115 Å². The molecule has 0 spiro atoms. The number of nitrogens with one attached hydrogen (secondary N) is 1. The third kappa shape index (κ3) is 4.65. The summed E-state index contributed by atoms with van der Waals surface area (Å²) in [5, 5.41) is 2.31. The first-order chi connectivity index (χ1) is 8.47. The highest BCUT2D eigenvalue weighted by molar-refractivity contribution is 7.91. The number of nitrogens with two attached hydrogens (primary N) is 1. The van der Waals surface area contributed by atoms with Crippen molar-refractivity contribution in [2.45, 2.75) is 56.4 Å². The molecule has 0 radical (unpaired) electrons. The van der Waals surface area contributed by atoms with Crippen LogP contribution in [0.1, 0.15) is 40.0 Å². The summed E-state index contributed by atoms with van der Waals surface area (Å²) in [6.07, 6.45) is 2.10. The largest absolute Gasteiger partial charge is 0.444 e. The van der Waals surface area contributed by atoms with Gasteiger partial charge in [0.2, 0.25) is 0 Å². The van der Waals surface area contributed by atoms with Gasteiger partial charge in [0.25, 0.3) is 0 Å². The van der Waals surface area contributed by atoms with E-state index in [9.17, 15) is 13.2 Å². The number of carbonyl (C=O) groups excluding carboxylic acids is 1. The summed E-state index contributed by atoms with van der Waals surface area (Å²) in [5.41, 5.74) is 4.46. The van der Waals surface area contributed by atoms with Crippen LogP contribution in [0.3, 0.4) is 0 Å². The van der Waals surface area contributed by atoms with E-state index < -0.39 is 32.3 Å². The van der Waals surface area contributed by atoms with Crippen molar-refractivity contribution >= 4 is 15.9 Å². The van der Waals surface area contributed by atoms with Gasteiger partial charge in [0.1, 0.15) is 15.4 Å². The molecule has 1 aliphatic rings. The predicted molar refractivity (Wildman–Crippen MR) is 73.6 cm³/mol. The van der Waals surface area contributed by atoms with Crippen LogP contribution in [0.25, 0.3) is 0 Å². The fourth-order valence-corrected chi connectivity index (χ4v) is 3.48. The van der Waals surface area contributed by atoms with Crippen LogP contribution in [0.4, 0.5) is 4.79 Å². The van der Waals surface area contributed by atoms with Crippen molar-refractivity contribution in [1.82, 2.24) is 5.32 Å². The van der Waals surface area contributed by atoms with Gasteiger partial charge >= 0.3 is 6.09 Å². The van der Waals surface area contributed by atoms with Gasteiger partial charge in [-0.3, -0.25) is 0 Å². The lowest BCUT2D eigenvalue weighted by Crippen LogP contribution is -2.53. The molecule has 0 aromatic heterocycles. The molecular weight excluding hydrogens is 268 g/mol. The van der Waals surface area contributed by atoms with E-state index in [-0.39, 0.29) is 6.54 Å². The Kier molecular flexibility index (Phi) is 4.51. The zero-order valence-corrected chi connectivity index (χ0v) is 12.8. The molecule has 19 heavy (non-hydrogen) atoms. The van der Waals surface area contributed by atoms with E-state index in [1.165, 1.54) is 6.26 Å². The maximum absolute atomic E-state index is 11.8. The molecule has 1 saturated carbocycles. The molecule has 0 heterocycles. The Morgan fingerprint density at radius 3 is 2.42 bits per heavy atom. The second kappa shape index (κ2) is 5.28. The van der Waals surface area contributed by atoms with Gasteiger partial charge in [-0.15, -0.1) is 0 Å². The van der Waals surface area contributed by atoms with Gasteiger partial charge in [-0.1, -0.05) is 0 Å². The number of ether oxygens (including phenoxy) is 1. The molecule has 3 N–H and O–H groups in total. The highest BCUT2D eigenvalue weighted by Gasteiger charge is 2.43. The van der Waals surface area contributed by atoms with Crippen molar-refractivity contribution in [3.8, 4) is 0 Å². The summed E-state index contributed by atoms with van der Waals surface area (Å²) in [6, 6.07) is 0. The molecule has 7 heteroatoms. The van der Waals surface area contributed by atoms with E-state index in [0.29, 0.717) is 19.3 Å². The molecular formula is C12H24N2O4S. The molecule has 0 aromatic rings. The van der Waals surface area contributed by atoms with Crippen LogP contribution in [0.15, 0.2) is 0 Å². The van der Waals surface area contributed by atoms with E-state index in [1.54, 1.807) is 20.8 Å². The van der Waals surface area contributed by atoms with Crippen LogP contribution >= 0.6 is 0 Å². The minimum Gasteiger partial charge on any atom is -0.444 e. The molecule has 0 aromatic carbocycles. The number of carbonyl (C=O) groups is 1. The molecule has 112 valence electrons. The molecule has 2 atom stereocenters. The summed E-state index contributed by atoms with van der Waals surface area (Å²) in [6.45, 7) is 5.53. The Balaban J connectivity index is 2.72. The standard InChI is InChI=1S/C12H24N2O4S/c1-11(2,3)18-10(15)14-12(8-13)6-5-9(7-12)19(4,16)17/h9H,5-8,13H2,1-4H3,(H,14,15)/t9-,12-/m0/s1. The van der Waals surface area contributed by atoms with Gasteiger partial charge in [0.15, 0.2) is 0 Å². The normalized spacial score (nSPS) is 28.2. The van der Waals surface area contributed by atoms with Crippen molar-refractivity contribution in [3.63, 3.8) is 0 Å². The van der Waals surface area contributed by atoms with Crippen molar-refractivity contribution in [3.05, 3.63) is 0 Å².